The van der Waals surface area contributed by atoms with Gasteiger partial charge in [-0.25, -0.2) is 4.98 Å². The Hall–Kier alpha value is -1.39. The molecule has 0 bridgehead atoms. The van der Waals surface area contributed by atoms with Crippen molar-refractivity contribution in [2.24, 2.45) is 7.05 Å². The number of aryl methyl sites for hydroxylation is 2. The van der Waals surface area contributed by atoms with Crippen LogP contribution in [0.5, 0.6) is 0 Å². The van der Waals surface area contributed by atoms with Crippen LogP contribution in [0.3, 0.4) is 0 Å². The average Bonchev–Trinajstić information content (AvgIpc) is 2.46. The summed E-state index contributed by atoms with van der Waals surface area (Å²) >= 11 is 0. The summed E-state index contributed by atoms with van der Waals surface area (Å²) in [5.41, 5.74) is 0. The fraction of sp³-hybridized carbons (Fsp3) is 0.700. The predicted octanol–water partition coefficient (Wildman–Crippen LogP) is 1.35. The summed E-state index contributed by atoms with van der Waals surface area (Å²) in [6, 6.07) is 0. The number of nitrogens with zero attached hydrogens (tertiary/aromatic N) is 3. The molecule has 0 unspecified atom stereocenters. The second kappa shape index (κ2) is 4.91. The molecule has 5 nitrogen and oxygen atoms in total. The zero-order valence-electron chi connectivity index (χ0n) is 9.40. The van der Waals surface area contributed by atoms with Crippen molar-refractivity contribution in [3.05, 3.63) is 11.6 Å². The van der Waals surface area contributed by atoms with E-state index in [4.69, 9.17) is 5.11 Å². The second-order valence-electron chi connectivity index (χ2n) is 3.91. The molecule has 0 aliphatic heterocycles. The van der Waals surface area contributed by atoms with Crippen molar-refractivity contribution in [2.75, 3.05) is 0 Å². The van der Waals surface area contributed by atoms with E-state index in [1.54, 1.807) is 4.68 Å². The Morgan fingerprint density at radius 3 is 2.67 bits per heavy atom. The maximum absolute atomic E-state index is 10.3. The van der Waals surface area contributed by atoms with Gasteiger partial charge in [-0.05, 0) is 6.42 Å². The van der Waals surface area contributed by atoms with Crippen LogP contribution in [0, 0.1) is 0 Å². The molecule has 0 saturated carbocycles. The van der Waals surface area contributed by atoms with Crippen LogP contribution in [0.1, 0.15) is 44.3 Å². The monoisotopic (exact) mass is 211 g/mol. The van der Waals surface area contributed by atoms with Crippen molar-refractivity contribution < 1.29 is 9.90 Å². The smallest absolute Gasteiger partial charge is 0.303 e. The summed E-state index contributed by atoms with van der Waals surface area (Å²) in [5, 5.41) is 12.7. The topological polar surface area (TPSA) is 68.0 Å². The second-order valence-corrected chi connectivity index (χ2v) is 3.91. The molecular formula is C10H17N3O2. The van der Waals surface area contributed by atoms with E-state index in [1.165, 1.54) is 0 Å². The minimum absolute atomic E-state index is 0.176. The van der Waals surface area contributed by atoms with Gasteiger partial charge in [0.1, 0.15) is 5.82 Å². The molecule has 1 heterocycles. The molecule has 15 heavy (non-hydrogen) atoms. The third-order valence-electron chi connectivity index (χ3n) is 2.15. The van der Waals surface area contributed by atoms with E-state index < -0.39 is 5.97 Å². The molecule has 1 N–H and O–H groups in total. The van der Waals surface area contributed by atoms with Gasteiger partial charge in [0.2, 0.25) is 0 Å². The first kappa shape index (κ1) is 11.7. The third-order valence-corrected chi connectivity index (χ3v) is 2.15. The number of carboxylic acids is 1. The lowest BCUT2D eigenvalue weighted by Gasteiger charge is -2.00. The SMILES string of the molecule is CC(C)c1nc(CCCC(=O)O)nn1C. The van der Waals surface area contributed by atoms with E-state index >= 15 is 0 Å². The van der Waals surface area contributed by atoms with E-state index in [-0.39, 0.29) is 6.42 Å². The highest BCUT2D eigenvalue weighted by molar-refractivity contribution is 5.66. The van der Waals surface area contributed by atoms with Gasteiger partial charge in [-0.1, -0.05) is 13.8 Å². The van der Waals surface area contributed by atoms with Crippen LogP contribution in [-0.2, 0) is 18.3 Å². The minimum Gasteiger partial charge on any atom is -0.481 e. The molecule has 0 spiro atoms. The predicted molar refractivity (Wildman–Crippen MR) is 55.7 cm³/mol. The van der Waals surface area contributed by atoms with Crippen LogP contribution in [0.4, 0.5) is 0 Å². The third kappa shape index (κ3) is 3.34. The molecule has 0 amide bonds. The van der Waals surface area contributed by atoms with Gasteiger partial charge in [-0.15, -0.1) is 0 Å². The van der Waals surface area contributed by atoms with Gasteiger partial charge in [0.25, 0.3) is 0 Å². The Morgan fingerprint density at radius 2 is 2.20 bits per heavy atom. The molecule has 0 fully saturated rings. The number of rotatable bonds is 5. The van der Waals surface area contributed by atoms with Gasteiger partial charge in [-0.3, -0.25) is 9.48 Å². The molecule has 1 aromatic heterocycles. The standard InChI is InChI=1S/C10H17N3O2/c1-7(2)10-11-8(12-13(10)3)5-4-6-9(14)15/h7H,4-6H2,1-3H3,(H,14,15). The zero-order valence-corrected chi connectivity index (χ0v) is 9.40. The molecule has 0 atom stereocenters. The van der Waals surface area contributed by atoms with Crippen molar-refractivity contribution in [1.82, 2.24) is 14.8 Å². The van der Waals surface area contributed by atoms with Gasteiger partial charge in [0.05, 0.1) is 0 Å². The van der Waals surface area contributed by atoms with Crippen molar-refractivity contribution in [3.63, 3.8) is 0 Å². The maximum atomic E-state index is 10.3. The van der Waals surface area contributed by atoms with Gasteiger partial charge < -0.3 is 5.11 Å². The lowest BCUT2D eigenvalue weighted by molar-refractivity contribution is -0.137. The van der Waals surface area contributed by atoms with Crippen LogP contribution < -0.4 is 0 Å². The summed E-state index contributed by atoms with van der Waals surface area (Å²) in [5.74, 6) is 1.26. The van der Waals surface area contributed by atoms with Gasteiger partial charge in [0.15, 0.2) is 5.82 Å². The van der Waals surface area contributed by atoms with Gasteiger partial charge >= 0.3 is 5.97 Å². The quantitative estimate of drug-likeness (QED) is 0.798. The fourth-order valence-electron chi connectivity index (χ4n) is 1.46. The Kier molecular flexibility index (Phi) is 3.82. The molecule has 0 aliphatic rings. The van der Waals surface area contributed by atoms with E-state index in [9.17, 15) is 4.79 Å². The molecule has 5 heteroatoms. The summed E-state index contributed by atoms with van der Waals surface area (Å²) in [6.45, 7) is 4.12. The normalized spacial score (nSPS) is 10.9. The van der Waals surface area contributed by atoms with E-state index in [0.29, 0.717) is 18.8 Å². The molecule has 1 aromatic rings. The summed E-state index contributed by atoms with van der Waals surface area (Å²) < 4.78 is 1.76. The Labute approximate surface area is 89.1 Å². The molecule has 0 aromatic carbocycles. The molecule has 0 aliphatic carbocycles. The van der Waals surface area contributed by atoms with Crippen molar-refractivity contribution in [2.45, 2.75) is 39.0 Å². The van der Waals surface area contributed by atoms with Crippen LogP contribution >= 0.6 is 0 Å². The average molecular weight is 211 g/mol. The largest absolute Gasteiger partial charge is 0.481 e. The van der Waals surface area contributed by atoms with Gasteiger partial charge in [-0.2, -0.15) is 5.10 Å². The summed E-state index contributed by atoms with van der Waals surface area (Å²) in [6.07, 6.45) is 1.40. The highest BCUT2D eigenvalue weighted by atomic mass is 16.4. The number of aromatic nitrogens is 3. The van der Waals surface area contributed by atoms with Crippen molar-refractivity contribution in [3.8, 4) is 0 Å². The highest BCUT2D eigenvalue weighted by Crippen LogP contribution is 2.11. The minimum atomic E-state index is -0.769. The Balaban J connectivity index is 2.55. The molecule has 84 valence electrons. The Morgan fingerprint density at radius 1 is 1.53 bits per heavy atom. The van der Waals surface area contributed by atoms with Crippen molar-refractivity contribution in [1.29, 1.82) is 0 Å². The van der Waals surface area contributed by atoms with Crippen molar-refractivity contribution >= 4 is 5.97 Å². The fourth-order valence-corrected chi connectivity index (χ4v) is 1.46. The Bertz CT molecular complexity index is 344. The van der Waals surface area contributed by atoms with E-state index in [1.807, 2.05) is 7.05 Å². The number of carbonyl (C=O) groups is 1. The highest BCUT2D eigenvalue weighted by Gasteiger charge is 2.10. The summed E-state index contributed by atoms with van der Waals surface area (Å²) in [7, 11) is 1.86. The molecule has 0 radical (unpaired) electrons. The first-order valence-electron chi connectivity index (χ1n) is 5.12. The van der Waals surface area contributed by atoms with Crippen LogP contribution in [0.25, 0.3) is 0 Å². The number of hydrogen-bond donors (Lipinski definition) is 1. The molecule has 1 rings (SSSR count). The first-order valence-corrected chi connectivity index (χ1v) is 5.12. The van der Waals surface area contributed by atoms with E-state index in [2.05, 4.69) is 23.9 Å². The first-order chi connectivity index (χ1) is 7.00. The lowest BCUT2D eigenvalue weighted by atomic mass is 10.2. The molecule has 0 saturated heterocycles. The lowest BCUT2D eigenvalue weighted by Crippen LogP contribution is -2.00. The van der Waals surface area contributed by atoms with Crippen LogP contribution in [0.15, 0.2) is 0 Å². The maximum Gasteiger partial charge on any atom is 0.303 e. The number of aliphatic carboxylic acids is 1. The number of hydrogen-bond acceptors (Lipinski definition) is 3. The number of carboxylic acid groups (broad SMARTS) is 1. The summed E-state index contributed by atoms with van der Waals surface area (Å²) in [4.78, 5) is 14.7. The van der Waals surface area contributed by atoms with E-state index in [0.717, 1.165) is 11.6 Å². The van der Waals surface area contributed by atoms with Gasteiger partial charge in [0, 0.05) is 25.8 Å². The van der Waals surface area contributed by atoms with Crippen LogP contribution in [0.2, 0.25) is 0 Å². The molecular weight excluding hydrogens is 194 g/mol. The zero-order chi connectivity index (χ0) is 11.4. The van der Waals surface area contributed by atoms with Crippen LogP contribution in [-0.4, -0.2) is 25.8 Å².